The van der Waals surface area contributed by atoms with Crippen molar-refractivity contribution in [2.45, 2.75) is 0 Å². The fourth-order valence-electron chi connectivity index (χ4n) is 2.57. The third kappa shape index (κ3) is 5.48. The number of ether oxygens (including phenoxy) is 4. The minimum Gasteiger partial charge on any atom is -0.497 e. The van der Waals surface area contributed by atoms with E-state index in [0.717, 1.165) is 23.0 Å². The Labute approximate surface area is 174 Å². The fraction of sp³-hybridized carbons (Fsp3) is 0.0833. The summed E-state index contributed by atoms with van der Waals surface area (Å²) in [6.07, 6.45) is 1.05. The Morgan fingerprint density at radius 2 is 1.33 bits per heavy atom. The number of methoxy groups -OCH3 is 1. The first-order valence-electron chi connectivity index (χ1n) is 9.08. The SMILES string of the molecule is C=CC(=O)OCOc1ccc(OC(=O)c2ccc(-c3ccc(OC)cc3)cc2)cc1. The zero-order valence-corrected chi connectivity index (χ0v) is 16.4. The summed E-state index contributed by atoms with van der Waals surface area (Å²) in [5.41, 5.74) is 2.43. The normalized spacial score (nSPS) is 10.0. The number of benzene rings is 3. The summed E-state index contributed by atoms with van der Waals surface area (Å²) < 4.78 is 20.5. The minimum absolute atomic E-state index is 0.232. The molecule has 0 saturated heterocycles. The second kappa shape index (κ2) is 9.93. The second-order valence-electron chi connectivity index (χ2n) is 6.10. The van der Waals surface area contributed by atoms with Crippen LogP contribution in [0.2, 0.25) is 0 Å². The molecule has 0 aromatic heterocycles. The van der Waals surface area contributed by atoms with Gasteiger partial charge in [0.15, 0.2) is 0 Å². The van der Waals surface area contributed by atoms with Crippen LogP contribution in [-0.4, -0.2) is 25.8 Å². The predicted octanol–water partition coefficient (Wildman–Crippen LogP) is 4.65. The van der Waals surface area contributed by atoms with E-state index in [9.17, 15) is 9.59 Å². The van der Waals surface area contributed by atoms with Crippen molar-refractivity contribution in [2.24, 2.45) is 0 Å². The second-order valence-corrected chi connectivity index (χ2v) is 6.10. The average molecular weight is 404 g/mol. The van der Waals surface area contributed by atoms with Crippen molar-refractivity contribution < 1.29 is 28.5 Å². The van der Waals surface area contributed by atoms with Crippen LogP contribution in [0.3, 0.4) is 0 Å². The largest absolute Gasteiger partial charge is 0.497 e. The van der Waals surface area contributed by atoms with E-state index in [-0.39, 0.29) is 6.79 Å². The van der Waals surface area contributed by atoms with Crippen LogP contribution in [0.15, 0.2) is 85.5 Å². The van der Waals surface area contributed by atoms with Crippen molar-refractivity contribution in [3.8, 4) is 28.4 Å². The van der Waals surface area contributed by atoms with Gasteiger partial charge in [-0.1, -0.05) is 30.8 Å². The molecule has 0 spiro atoms. The lowest BCUT2D eigenvalue weighted by molar-refractivity contribution is -0.144. The van der Waals surface area contributed by atoms with Gasteiger partial charge in [0.05, 0.1) is 12.7 Å². The lowest BCUT2D eigenvalue weighted by Crippen LogP contribution is -2.09. The Balaban J connectivity index is 1.57. The van der Waals surface area contributed by atoms with Crippen LogP contribution in [-0.2, 0) is 9.53 Å². The molecule has 3 rings (SSSR count). The van der Waals surface area contributed by atoms with E-state index >= 15 is 0 Å². The van der Waals surface area contributed by atoms with Gasteiger partial charge in [0.25, 0.3) is 0 Å². The molecule has 6 heteroatoms. The first-order chi connectivity index (χ1) is 14.6. The van der Waals surface area contributed by atoms with Gasteiger partial charge in [-0.2, -0.15) is 0 Å². The molecule has 0 radical (unpaired) electrons. The highest BCUT2D eigenvalue weighted by Crippen LogP contribution is 2.23. The molecule has 0 atom stereocenters. The molecule has 0 N–H and O–H groups in total. The van der Waals surface area contributed by atoms with Gasteiger partial charge in [0.2, 0.25) is 6.79 Å². The van der Waals surface area contributed by atoms with E-state index in [1.165, 1.54) is 0 Å². The molecule has 0 unspecified atom stereocenters. The topological polar surface area (TPSA) is 71.1 Å². The van der Waals surface area contributed by atoms with E-state index in [1.54, 1.807) is 43.5 Å². The van der Waals surface area contributed by atoms with Crippen LogP contribution in [0, 0.1) is 0 Å². The van der Waals surface area contributed by atoms with Crippen LogP contribution in [0.25, 0.3) is 11.1 Å². The lowest BCUT2D eigenvalue weighted by atomic mass is 10.0. The van der Waals surface area contributed by atoms with Gasteiger partial charge in [-0.05, 0) is 59.7 Å². The molecule has 0 aliphatic rings. The molecular weight excluding hydrogens is 384 g/mol. The summed E-state index contributed by atoms with van der Waals surface area (Å²) in [5.74, 6) is 0.585. The zero-order chi connectivity index (χ0) is 21.3. The predicted molar refractivity (Wildman–Crippen MR) is 112 cm³/mol. The molecule has 0 amide bonds. The summed E-state index contributed by atoms with van der Waals surface area (Å²) in [6.45, 7) is 3.06. The highest BCUT2D eigenvalue weighted by Gasteiger charge is 2.09. The molecule has 0 aliphatic heterocycles. The maximum absolute atomic E-state index is 12.4. The minimum atomic E-state index is -0.571. The van der Waals surface area contributed by atoms with Crippen molar-refractivity contribution >= 4 is 11.9 Å². The molecule has 30 heavy (non-hydrogen) atoms. The first kappa shape index (κ1) is 20.7. The molecule has 3 aromatic carbocycles. The number of hydrogen-bond donors (Lipinski definition) is 0. The number of carbonyl (C=O) groups is 2. The molecule has 0 fully saturated rings. The Hall–Kier alpha value is -4.06. The van der Waals surface area contributed by atoms with Gasteiger partial charge in [0.1, 0.15) is 17.2 Å². The highest BCUT2D eigenvalue weighted by molar-refractivity contribution is 5.91. The van der Waals surface area contributed by atoms with Crippen LogP contribution >= 0.6 is 0 Å². The number of esters is 2. The number of hydrogen-bond acceptors (Lipinski definition) is 6. The van der Waals surface area contributed by atoms with Crippen molar-refractivity contribution in [2.75, 3.05) is 13.9 Å². The summed E-state index contributed by atoms with van der Waals surface area (Å²) in [5, 5.41) is 0. The van der Waals surface area contributed by atoms with Gasteiger partial charge < -0.3 is 18.9 Å². The quantitative estimate of drug-likeness (QED) is 0.236. The Bertz CT molecular complexity index is 1010. The highest BCUT2D eigenvalue weighted by atomic mass is 16.7. The lowest BCUT2D eigenvalue weighted by Gasteiger charge is -2.08. The Morgan fingerprint density at radius 1 is 0.800 bits per heavy atom. The monoisotopic (exact) mass is 404 g/mol. The van der Waals surface area contributed by atoms with Gasteiger partial charge in [-0.3, -0.25) is 0 Å². The molecule has 6 nitrogen and oxygen atoms in total. The third-order valence-corrected chi connectivity index (χ3v) is 4.17. The number of rotatable bonds is 8. The van der Waals surface area contributed by atoms with E-state index in [1.807, 2.05) is 36.4 Å². The Morgan fingerprint density at radius 3 is 1.90 bits per heavy atom. The fourth-order valence-corrected chi connectivity index (χ4v) is 2.57. The number of carbonyl (C=O) groups excluding carboxylic acids is 2. The standard InChI is InChI=1S/C24H20O6/c1-3-23(25)29-16-28-21-12-14-22(15-13-21)30-24(26)19-6-4-17(5-7-19)18-8-10-20(27-2)11-9-18/h3-15H,1,16H2,2H3. The van der Waals surface area contributed by atoms with Crippen LogP contribution in [0.1, 0.15) is 10.4 Å². The Kier molecular flexibility index (Phi) is 6.84. The smallest absolute Gasteiger partial charge is 0.343 e. The molecule has 3 aromatic rings. The average Bonchev–Trinajstić information content (AvgIpc) is 2.80. The van der Waals surface area contributed by atoms with Crippen LogP contribution in [0.4, 0.5) is 0 Å². The van der Waals surface area contributed by atoms with Gasteiger partial charge >= 0.3 is 11.9 Å². The van der Waals surface area contributed by atoms with Gasteiger partial charge in [-0.15, -0.1) is 0 Å². The summed E-state index contributed by atoms with van der Waals surface area (Å²) in [7, 11) is 1.62. The van der Waals surface area contributed by atoms with Gasteiger partial charge in [0, 0.05) is 6.08 Å². The van der Waals surface area contributed by atoms with Crippen molar-refractivity contribution in [3.63, 3.8) is 0 Å². The van der Waals surface area contributed by atoms with E-state index in [2.05, 4.69) is 6.58 Å². The van der Waals surface area contributed by atoms with Crippen molar-refractivity contribution in [1.82, 2.24) is 0 Å². The van der Waals surface area contributed by atoms with E-state index < -0.39 is 11.9 Å². The molecule has 0 heterocycles. The van der Waals surface area contributed by atoms with E-state index in [4.69, 9.17) is 18.9 Å². The summed E-state index contributed by atoms with van der Waals surface area (Å²) >= 11 is 0. The maximum atomic E-state index is 12.4. The maximum Gasteiger partial charge on any atom is 0.343 e. The molecule has 0 bridgehead atoms. The van der Waals surface area contributed by atoms with Crippen molar-refractivity contribution in [3.05, 3.63) is 91.0 Å². The first-order valence-corrected chi connectivity index (χ1v) is 9.08. The molecule has 0 saturated carbocycles. The van der Waals surface area contributed by atoms with Crippen molar-refractivity contribution in [1.29, 1.82) is 0 Å². The summed E-state index contributed by atoms with van der Waals surface area (Å²) in [6, 6.07) is 21.2. The molecule has 0 aliphatic carbocycles. The summed E-state index contributed by atoms with van der Waals surface area (Å²) in [4.78, 5) is 23.3. The van der Waals surface area contributed by atoms with Gasteiger partial charge in [-0.25, -0.2) is 9.59 Å². The molecule has 152 valence electrons. The van der Waals surface area contributed by atoms with Crippen LogP contribution < -0.4 is 14.2 Å². The molecular formula is C24H20O6. The van der Waals surface area contributed by atoms with Crippen LogP contribution in [0.5, 0.6) is 17.2 Å². The zero-order valence-electron chi connectivity index (χ0n) is 16.4. The third-order valence-electron chi connectivity index (χ3n) is 4.17. The van der Waals surface area contributed by atoms with E-state index in [0.29, 0.717) is 17.1 Å².